The SMILES string of the molecule is Cc1ccc(NC(=O)C2CSCN2C(=O)COc2ccc([N+](=O)[O-])cc2)cc1C. The molecule has 1 aliphatic heterocycles. The summed E-state index contributed by atoms with van der Waals surface area (Å²) >= 11 is 1.50. The molecule has 0 saturated carbocycles. The number of amides is 2. The van der Waals surface area contributed by atoms with Crippen LogP contribution in [0, 0.1) is 24.0 Å². The summed E-state index contributed by atoms with van der Waals surface area (Å²) in [5.74, 6) is 0.732. The Balaban J connectivity index is 1.58. The number of hydrogen-bond donors (Lipinski definition) is 1. The van der Waals surface area contributed by atoms with Crippen molar-refractivity contribution in [3.05, 3.63) is 63.7 Å². The van der Waals surface area contributed by atoms with E-state index in [-0.39, 0.29) is 24.1 Å². The number of aryl methyl sites for hydroxylation is 2. The molecule has 1 aliphatic rings. The third-order valence-electron chi connectivity index (χ3n) is 4.69. The number of carbonyl (C=O) groups is 2. The van der Waals surface area contributed by atoms with Gasteiger partial charge in [0.2, 0.25) is 5.91 Å². The highest BCUT2D eigenvalue weighted by atomic mass is 32.2. The summed E-state index contributed by atoms with van der Waals surface area (Å²) in [6.45, 7) is 3.73. The Labute approximate surface area is 172 Å². The van der Waals surface area contributed by atoms with Crippen LogP contribution in [0.3, 0.4) is 0 Å². The van der Waals surface area contributed by atoms with E-state index in [2.05, 4.69) is 5.32 Å². The van der Waals surface area contributed by atoms with Crippen LogP contribution in [0.5, 0.6) is 5.75 Å². The van der Waals surface area contributed by atoms with E-state index < -0.39 is 11.0 Å². The molecule has 2 aromatic rings. The third-order valence-corrected chi connectivity index (χ3v) is 5.70. The number of rotatable bonds is 6. The number of nitro benzene ring substituents is 1. The first-order valence-corrected chi connectivity index (χ1v) is 10.1. The molecule has 0 spiro atoms. The molecule has 1 unspecified atom stereocenters. The Morgan fingerprint density at radius 3 is 2.59 bits per heavy atom. The van der Waals surface area contributed by atoms with Gasteiger partial charge in [-0.2, -0.15) is 0 Å². The summed E-state index contributed by atoms with van der Waals surface area (Å²) < 4.78 is 5.44. The Morgan fingerprint density at radius 1 is 1.21 bits per heavy atom. The van der Waals surface area contributed by atoms with Crippen molar-refractivity contribution < 1.29 is 19.2 Å². The molecule has 8 nitrogen and oxygen atoms in total. The first-order chi connectivity index (χ1) is 13.8. The quantitative estimate of drug-likeness (QED) is 0.574. The maximum absolute atomic E-state index is 12.7. The molecule has 2 amide bonds. The van der Waals surface area contributed by atoms with Gasteiger partial charge in [0.1, 0.15) is 11.8 Å². The summed E-state index contributed by atoms with van der Waals surface area (Å²) in [5, 5.41) is 13.6. The normalized spacial score (nSPS) is 15.8. The van der Waals surface area contributed by atoms with Crippen molar-refractivity contribution in [3.8, 4) is 5.75 Å². The lowest BCUT2D eigenvalue weighted by molar-refractivity contribution is -0.384. The molecule has 9 heteroatoms. The van der Waals surface area contributed by atoms with Crippen molar-refractivity contribution in [2.75, 3.05) is 23.6 Å². The minimum atomic E-state index is -0.574. The van der Waals surface area contributed by atoms with Gasteiger partial charge in [0, 0.05) is 23.6 Å². The van der Waals surface area contributed by atoms with E-state index in [1.165, 1.54) is 40.9 Å². The van der Waals surface area contributed by atoms with Crippen LogP contribution >= 0.6 is 11.8 Å². The summed E-state index contributed by atoms with van der Waals surface area (Å²) in [6.07, 6.45) is 0. The van der Waals surface area contributed by atoms with Crippen LogP contribution in [0.4, 0.5) is 11.4 Å². The fourth-order valence-electron chi connectivity index (χ4n) is 2.84. The average molecular weight is 415 g/mol. The lowest BCUT2D eigenvalue weighted by atomic mass is 10.1. The fraction of sp³-hybridized carbons (Fsp3) is 0.300. The summed E-state index contributed by atoms with van der Waals surface area (Å²) in [7, 11) is 0. The van der Waals surface area contributed by atoms with E-state index in [1.807, 2.05) is 32.0 Å². The van der Waals surface area contributed by atoms with Crippen molar-refractivity contribution >= 4 is 35.0 Å². The van der Waals surface area contributed by atoms with Crippen LogP contribution in [-0.2, 0) is 9.59 Å². The Kier molecular flexibility index (Phi) is 6.38. The number of hydrogen-bond acceptors (Lipinski definition) is 6. The van der Waals surface area contributed by atoms with Gasteiger partial charge in [-0.1, -0.05) is 6.07 Å². The van der Waals surface area contributed by atoms with Crippen LogP contribution in [0.2, 0.25) is 0 Å². The monoisotopic (exact) mass is 415 g/mol. The maximum atomic E-state index is 12.7. The number of nitro groups is 1. The van der Waals surface area contributed by atoms with Gasteiger partial charge < -0.3 is 15.0 Å². The van der Waals surface area contributed by atoms with Crippen LogP contribution in [0.25, 0.3) is 0 Å². The van der Waals surface area contributed by atoms with E-state index in [1.54, 1.807) is 0 Å². The fourth-order valence-corrected chi connectivity index (χ4v) is 4.02. The lowest BCUT2D eigenvalue weighted by Gasteiger charge is -2.23. The van der Waals surface area contributed by atoms with E-state index in [0.29, 0.717) is 23.1 Å². The highest BCUT2D eigenvalue weighted by Gasteiger charge is 2.34. The molecule has 2 aromatic carbocycles. The van der Waals surface area contributed by atoms with Gasteiger partial charge in [0.15, 0.2) is 6.61 Å². The molecule has 1 N–H and O–H groups in total. The van der Waals surface area contributed by atoms with Crippen molar-refractivity contribution in [1.29, 1.82) is 0 Å². The molecule has 3 rings (SSSR count). The molecule has 152 valence electrons. The number of ether oxygens (including phenoxy) is 1. The van der Waals surface area contributed by atoms with Gasteiger partial charge in [-0.25, -0.2) is 0 Å². The number of nitrogens with zero attached hydrogens (tertiary/aromatic N) is 2. The van der Waals surface area contributed by atoms with Crippen molar-refractivity contribution in [2.45, 2.75) is 19.9 Å². The molecule has 0 radical (unpaired) electrons. The number of thioether (sulfide) groups is 1. The average Bonchev–Trinajstić information content (AvgIpc) is 3.19. The predicted molar refractivity (Wildman–Crippen MR) is 111 cm³/mol. The summed E-state index contributed by atoms with van der Waals surface area (Å²) in [5.41, 5.74) is 2.86. The van der Waals surface area contributed by atoms with E-state index in [4.69, 9.17) is 4.74 Å². The highest BCUT2D eigenvalue weighted by Crippen LogP contribution is 2.24. The summed E-state index contributed by atoms with van der Waals surface area (Å²) in [4.78, 5) is 36.9. The number of anilines is 1. The first-order valence-electron chi connectivity index (χ1n) is 8.98. The van der Waals surface area contributed by atoms with Gasteiger partial charge in [-0.05, 0) is 49.2 Å². The van der Waals surface area contributed by atoms with Crippen LogP contribution in [-0.4, -0.2) is 45.9 Å². The second-order valence-corrected chi connectivity index (χ2v) is 7.71. The van der Waals surface area contributed by atoms with Gasteiger partial charge >= 0.3 is 0 Å². The highest BCUT2D eigenvalue weighted by molar-refractivity contribution is 7.99. The van der Waals surface area contributed by atoms with Crippen molar-refractivity contribution in [3.63, 3.8) is 0 Å². The lowest BCUT2D eigenvalue weighted by Crippen LogP contribution is -2.46. The minimum Gasteiger partial charge on any atom is -0.484 e. The van der Waals surface area contributed by atoms with Crippen molar-refractivity contribution in [1.82, 2.24) is 4.90 Å². The van der Waals surface area contributed by atoms with Crippen molar-refractivity contribution in [2.24, 2.45) is 0 Å². The topological polar surface area (TPSA) is 102 Å². The predicted octanol–water partition coefficient (Wildman–Crippen LogP) is 3.13. The number of benzene rings is 2. The van der Waals surface area contributed by atoms with Crippen LogP contribution < -0.4 is 10.1 Å². The Morgan fingerprint density at radius 2 is 1.93 bits per heavy atom. The van der Waals surface area contributed by atoms with Gasteiger partial charge in [-0.3, -0.25) is 19.7 Å². The van der Waals surface area contributed by atoms with Crippen LogP contribution in [0.15, 0.2) is 42.5 Å². The largest absolute Gasteiger partial charge is 0.484 e. The maximum Gasteiger partial charge on any atom is 0.269 e. The molecule has 1 heterocycles. The second kappa shape index (κ2) is 8.95. The zero-order valence-corrected chi connectivity index (χ0v) is 16.9. The number of carbonyl (C=O) groups excluding carboxylic acids is 2. The molecule has 0 aliphatic carbocycles. The van der Waals surface area contributed by atoms with E-state index in [0.717, 1.165) is 11.1 Å². The van der Waals surface area contributed by atoms with Gasteiger partial charge in [-0.15, -0.1) is 11.8 Å². The number of nitrogens with one attached hydrogen (secondary N) is 1. The first kappa shape index (κ1) is 20.7. The Bertz CT molecular complexity index is 932. The zero-order chi connectivity index (χ0) is 21.0. The molecule has 0 bridgehead atoms. The van der Waals surface area contributed by atoms with Gasteiger partial charge in [0.05, 0.1) is 10.8 Å². The molecular formula is C20H21N3O5S. The Hall–Kier alpha value is -3.07. The molecule has 0 aromatic heterocycles. The molecule has 1 atom stereocenters. The second-order valence-electron chi connectivity index (χ2n) is 6.71. The number of non-ortho nitro benzene ring substituents is 1. The molecule has 1 saturated heterocycles. The molecule has 29 heavy (non-hydrogen) atoms. The van der Waals surface area contributed by atoms with Crippen LogP contribution in [0.1, 0.15) is 11.1 Å². The third kappa shape index (κ3) is 5.05. The minimum absolute atomic E-state index is 0.0531. The summed E-state index contributed by atoms with van der Waals surface area (Å²) in [6, 6.07) is 10.6. The van der Waals surface area contributed by atoms with Gasteiger partial charge in [0.25, 0.3) is 11.6 Å². The van der Waals surface area contributed by atoms with E-state index in [9.17, 15) is 19.7 Å². The smallest absolute Gasteiger partial charge is 0.269 e. The molecular weight excluding hydrogens is 394 g/mol. The van der Waals surface area contributed by atoms with E-state index >= 15 is 0 Å². The molecule has 1 fully saturated rings. The standard InChI is InChI=1S/C20H21N3O5S/c1-13-3-4-15(9-14(13)2)21-20(25)18-11-29-12-22(18)19(24)10-28-17-7-5-16(6-8-17)23(26)27/h3-9,18H,10-12H2,1-2H3,(H,21,25). The zero-order valence-electron chi connectivity index (χ0n) is 16.1.